The highest BCUT2D eigenvalue weighted by molar-refractivity contribution is 7.92. The zero-order valence-electron chi connectivity index (χ0n) is 11.5. The normalized spacial score (nSPS) is 20.7. The van der Waals surface area contributed by atoms with E-state index >= 15 is 0 Å². The third kappa shape index (κ3) is 4.23. The van der Waals surface area contributed by atoms with Gasteiger partial charge in [0, 0.05) is 18.8 Å². The fourth-order valence-corrected chi connectivity index (χ4v) is 2.66. The molecule has 5 heteroatoms. The fraction of sp³-hybridized carbons (Fsp3) is 1.00. The van der Waals surface area contributed by atoms with Gasteiger partial charge in [0.1, 0.15) is 0 Å². The molecular formula is C12H26N2O2S. The number of likely N-dealkylation sites (tertiary alicyclic amines) is 1. The summed E-state index contributed by atoms with van der Waals surface area (Å²) in [6.07, 6.45) is 3.57. The maximum atomic E-state index is 11.7. The molecule has 17 heavy (non-hydrogen) atoms. The Morgan fingerprint density at radius 1 is 1.29 bits per heavy atom. The van der Waals surface area contributed by atoms with Crippen molar-refractivity contribution in [3.8, 4) is 0 Å². The van der Waals surface area contributed by atoms with E-state index < -0.39 is 14.6 Å². The quantitative estimate of drug-likeness (QED) is 0.799. The topological polar surface area (TPSA) is 49.4 Å². The maximum Gasteiger partial charge on any atom is 0.153 e. The number of sulfone groups is 1. The minimum Gasteiger partial charge on any atom is -0.314 e. The summed E-state index contributed by atoms with van der Waals surface area (Å²) in [5, 5.41) is 3.45. The number of nitrogens with zero attached hydrogens (tertiary/aromatic N) is 1. The predicted molar refractivity (Wildman–Crippen MR) is 72.1 cm³/mol. The molecule has 1 saturated heterocycles. The summed E-state index contributed by atoms with van der Waals surface area (Å²) in [5.74, 6) is 0. The average molecular weight is 262 g/mol. The molecule has 4 nitrogen and oxygen atoms in total. The van der Waals surface area contributed by atoms with Crippen LogP contribution in [0.2, 0.25) is 0 Å². The zero-order chi connectivity index (χ0) is 13.1. The molecule has 1 aliphatic heterocycles. The standard InChI is InChI=1S/C12H26N2O2S/c1-5-13-11-6-8-14(9-7-11)10-12(2,3)17(4,15)16/h11,13H,5-10H2,1-4H3. The van der Waals surface area contributed by atoms with E-state index in [0.29, 0.717) is 12.6 Å². The van der Waals surface area contributed by atoms with Crippen molar-refractivity contribution in [3.05, 3.63) is 0 Å². The molecule has 1 rings (SSSR count). The second-order valence-corrected chi connectivity index (χ2v) is 8.29. The molecule has 0 aliphatic carbocycles. The van der Waals surface area contributed by atoms with E-state index in [1.807, 2.05) is 13.8 Å². The Kier molecular flexibility index (Phi) is 4.98. The van der Waals surface area contributed by atoms with Gasteiger partial charge in [-0.15, -0.1) is 0 Å². The molecule has 0 aromatic carbocycles. The molecule has 0 aromatic heterocycles. The average Bonchev–Trinajstić information content (AvgIpc) is 2.19. The van der Waals surface area contributed by atoms with Crippen LogP contribution in [0, 0.1) is 0 Å². The first-order chi connectivity index (χ1) is 7.76. The number of hydrogen-bond donors (Lipinski definition) is 1. The fourth-order valence-electron chi connectivity index (χ4n) is 2.24. The van der Waals surface area contributed by atoms with Crippen LogP contribution in [0.1, 0.15) is 33.6 Å². The third-order valence-electron chi connectivity index (χ3n) is 3.69. The van der Waals surface area contributed by atoms with Crippen LogP contribution in [0.25, 0.3) is 0 Å². The monoisotopic (exact) mass is 262 g/mol. The Bertz CT molecular complexity index is 330. The van der Waals surface area contributed by atoms with Crippen LogP contribution in [-0.4, -0.2) is 56.5 Å². The molecule has 1 heterocycles. The molecule has 0 spiro atoms. The lowest BCUT2D eigenvalue weighted by Gasteiger charge is -2.36. The Morgan fingerprint density at radius 2 is 1.82 bits per heavy atom. The second kappa shape index (κ2) is 5.67. The highest BCUT2D eigenvalue weighted by Gasteiger charge is 2.33. The second-order valence-electron chi connectivity index (χ2n) is 5.64. The molecule has 0 radical (unpaired) electrons. The summed E-state index contributed by atoms with van der Waals surface area (Å²) in [6.45, 7) is 9.41. The first-order valence-corrected chi connectivity index (χ1v) is 8.31. The molecule has 0 aromatic rings. The van der Waals surface area contributed by atoms with Gasteiger partial charge in [0.25, 0.3) is 0 Å². The van der Waals surface area contributed by atoms with Gasteiger partial charge in [0.05, 0.1) is 4.75 Å². The minimum atomic E-state index is -2.98. The van der Waals surface area contributed by atoms with E-state index in [1.165, 1.54) is 6.26 Å². The molecule has 1 fully saturated rings. The van der Waals surface area contributed by atoms with E-state index in [2.05, 4.69) is 17.1 Å². The summed E-state index contributed by atoms with van der Waals surface area (Å²) in [5.41, 5.74) is 0. The first-order valence-electron chi connectivity index (χ1n) is 6.41. The van der Waals surface area contributed by atoms with Crippen LogP contribution in [0.3, 0.4) is 0 Å². The van der Waals surface area contributed by atoms with Crippen molar-refractivity contribution in [2.24, 2.45) is 0 Å². The van der Waals surface area contributed by atoms with Crippen molar-refractivity contribution in [1.29, 1.82) is 0 Å². The highest BCUT2D eigenvalue weighted by atomic mass is 32.2. The first kappa shape index (κ1) is 14.9. The van der Waals surface area contributed by atoms with Gasteiger partial charge >= 0.3 is 0 Å². The maximum absolute atomic E-state index is 11.7. The Morgan fingerprint density at radius 3 is 2.24 bits per heavy atom. The summed E-state index contributed by atoms with van der Waals surface area (Å²) < 4.78 is 22.7. The van der Waals surface area contributed by atoms with Crippen LogP contribution in [0.4, 0.5) is 0 Å². The van der Waals surface area contributed by atoms with E-state index in [4.69, 9.17) is 0 Å². The van der Waals surface area contributed by atoms with Gasteiger partial charge in [-0.3, -0.25) is 0 Å². The molecule has 0 amide bonds. The zero-order valence-corrected chi connectivity index (χ0v) is 12.3. The van der Waals surface area contributed by atoms with Gasteiger partial charge in [0.15, 0.2) is 9.84 Å². The van der Waals surface area contributed by atoms with Crippen molar-refractivity contribution in [2.75, 3.05) is 32.4 Å². The van der Waals surface area contributed by atoms with Gasteiger partial charge in [-0.1, -0.05) is 6.92 Å². The minimum absolute atomic E-state index is 0.609. The van der Waals surface area contributed by atoms with Crippen molar-refractivity contribution in [3.63, 3.8) is 0 Å². The Labute approximate surface area is 106 Å². The van der Waals surface area contributed by atoms with Crippen LogP contribution in [-0.2, 0) is 9.84 Å². The van der Waals surface area contributed by atoms with Crippen LogP contribution in [0.5, 0.6) is 0 Å². The predicted octanol–water partition coefficient (Wildman–Crippen LogP) is 0.884. The van der Waals surface area contributed by atoms with Crippen LogP contribution in [0.15, 0.2) is 0 Å². The molecule has 0 bridgehead atoms. The van der Waals surface area contributed by atoms with Gasteiger partial charge in [-0.2, -0.15) is 0 Å². The number of piperidine rings is 1. The van der Waals surface area contributed by atoms with Crippen LogP contribution >= 0.6 is 0 Å². The molecule has 102 valence electrons. The highest BCUT2D eigenvalue weighted by Crippen LogP contribution is 2.19. The Hall–Kier alpha value is -0.130. The molecular weight excluding hydrogens is 236 g/mol. The summed E-state index contributed by atoms with van der Waals surface area (Å²) in [4.78, 5) is 2.27. The van der Waals surface area contributed by atoms with Crippen molar-refractivity contribution in [1.82, 2.24) is 10.2 Å². The molecule has 0 unspecified atom stereocenters. The molecule has 0 atom stereocenters. The molecule has 0 saturated carbocycles. The SMILES string of the molecule is CCNC1CCN(CC(C)(C)S(C)(=O)=O)CC1. The van der Waals surface area contributed by atoms with Gasteiger partial charge in [0.2, 0.25) is 0 Å². The smallest absolute Gasteiger partial charge is 0.153 e. The lowest BCUT2D eigenvalue weighted by molar-refractivity contribution is 0.186. The molecule has 1 aliphatic rings. The summed E-state index contributed by atoms with van der Waals surface area (Å²) >= 11 is 0. The van der Waals surface area contributed by atoms with E-state index in [-0.39, 0.29) is 0 Å². The van der Waals surface area contributed by atoms with Crippen LogP contribution < -0.4 is 5.32 Å². The number of nitrogens with one attached hydrogen (secondary N) is 1. The van der Waals surface area contributed by atoms with E-state index in [1.54, 1.807) is 0 Å². The van der Waals surface area contributed by atoms with Gasteiger partial charge < -0.3 is 10.2 Å². The van der Waals surface area contributed by atoms with Crippen molar-refractivity contribution in [2.45, 2.75) is 44.4 Å². The number of hydrogen-bond acceptors (Lipinski definition) is 4. The number of rotatable bonds is 5. The largest absolute Gasteiger partial charge is 0.314 e. The van der Waals surface area contributed by atoms with Crippen molar-refractivity contribution < 1.29 is 8.42 Å². The lowest BCUT2D eigenvalue weighted by atomic mass is 10.0. The van der Waals surface area contributed by atoms with Crippen molar-refractivity contribution >= 4 is 9.84 Å². The summed E-state index contributed by atoms with van der Waals surface area (Å²) in [6, 6.07) is 0.609. The van der Waals surface area contributed by atoms with Gasteiger partial charge in [-0.25, -0.2) is 8.42 Å². The molecule has 1 N–H and O–H groups in total. The van der Waals surface area contributed by atoms with E-state index in [9.17, 15) is 8.42 Å². The summed E-state index contributed by atoms with van der Waals surface area (Å²) in [7, 11) is -2.98. The van der Waals surface area contributed by atoms with E-state index in [0.717, 1.165) is 32.5 Å². The Balaban J connectivity index is 2.46. The lowest BCUT2D eigenvalue weighted by Crippen LogP contribution is -2.49. The van der Waals surface area contributed by atoms with Gasteiger partial charge in [-0.05, 0) is 46.3 Å². The third-order valence-corrected chi connectivity index (χ3v) is 5.83.